The first-order valence-electron chi connectivity index (χ1n) is 7.30. The maximum Gasteiger partial charge on any atom is 0.334 e. The molecule has 0 aliphatic carbocycles. The van der Waals surface area contributed by atoms with Crippen LogP contribution in [0, 0.1) is 0 Å². The molecule has 0 fully saturated rings. The highest BCUT2D eigenvalue weighted by molar-refractivity contribution is 5.97. The Morgan fingerprint density at radius 3 is 2.48 bits per heavy atom. The van der Waals surface area contributed by atoms with Crippen LogP contribution in [0.3, 0.4) is 0 Å². The number of ether oxygens (including phenoxy) is 2. The molecule has 1 aromatic rings. The standard InChI is InChI=1S/C18H20O5/c1-6-10(4)18(21)23-17-13-7-12(11(5)19)14(20)8-15(13)22-16(17)9(2)3/h6-8,16-17,20H,2H2,1,3-5H3/b10-6-/t16-,17-/m0/s1. The van der Waals surface area contributed by atoms with Gasteiger partial charge in [0, 0.05) is 17.2 Å². The first-order chi connectivity index (χ1) is 10.8. The summed E-state index contributed by atoms with van der Waals surface area (Å²) in [5.74, 6) is -0.513. The summed E-state index contributed by atoms with van der Waals surface area (Å²) >= 11 is 0. The Bertz CT molecular complexity index is 714. The van der Waals surface area contributed by atoms with Gasteiger partial charge in [0.05, 0.1) is 5.56 Å². The molecular weight excluding hydrogens is 296 g/mol. The summed E-state index contributed by atoms with van der Waals surface area (Å²) in [7, 11) is 0. The molecule has 2 atom stereocenters. The van der Waals surface area contributed by atoms with Crippen molar-refractivity contribution >= 4 is 11.8 Å². The van der Waals surface area contributed by atoms with Gasteiger partial charge in [-0.1, -0.05) is 12.7 Å². The summed E-state index contributed by atoms with van der Waals surface area (Å²) in [5.41, 5.74) is 1.88. The monoisotopic (exact) mass is 316 g/mol. The van der Waals surface area contributed by atoms with Gasteiger partial charge in [-0.15, -0.1) is 0 Å². The molecule has 1 aliphatic heterocycles. The van der Waals surface area contributed by atoms with Crippen molar-refractivity contribution in [3.63, 3.8) is 0 Å². The molecular formula is C18H20O5. The van der Waals surface area contributed by atoms with E-state index in [2.05, 4.69) is 6.58 Å². The van der Waals surface area contributed by atoms with E-state index in [-0.39, 0.29) is 17.1 Å². The highest BCUT2D eigenvalue weighted by Gasteiger charge is 2.39. The van der Waals surface area contributed by atoms with Gasteiger partial charge in [-0.05, 0) is 39.3 Å². The Hall–Kier alpha value is -2.56. The van der Waals surface area contributed by atoms with Gasteiger partial charge in [0.1, 0.15) is 11.5 Å². The Morgan fingerprint density at radius 1 is 1.30 bits per heavy atom. The Kier molecular flexibility index (Phi) is 4.59. The molecule has 122 valence electrons. The number of phenols is 1. The van der Waals surface area contributed by atoms with Crippen LogP contribution in [0.4, 0.5) is 0 Å². The van der Waals surface area contributed by atoms with Crippen molar-refractivity contribution < 1.29 is 24.2 Å². The van der Waals surface area contributed by atoms with E-state index in [1.54, 1.807) is 26.8 Å². The minimum Gasteiger partial charge on any atom is -0.507 e. The lowest BCUT2D eigenvalue weighted by Crippen LogP contribution is -2.24. The predicted octanol–water partition coefficient (Wildman–Crippen LogP) is 3.48. The number of allylic oxidation sites excluding steroid dienone is 1. The van der Waals surface area contributed by atoms with E-state index < -0.39 is 18.2 Å². The SMILES string of the molecule is C=C(C)[C@@H]1Oc2cc(O)c(C(C)=O)cc2[C@@H]1OC(=O)/C(C)=C\C. The number of carbonyl (C=O) groups is 2. The number of fused-ring (bicyclic) bond motifs is 1. The number of hydrogen-bond acceptors (Lipinski definition) is 5. The van der Waals surface area contributed by atoms with Crippen LogP contribution in [-0.2, 0) is 9.53 Å². The first kappa shape index (κ1) is 16.8. The molecule has 0 spiro atoms. The maximum absolute atomic E-state index is 12.1. The lowest BCUT2D eigenvalue weighted by molar-refractivity contribution is -0.146. The second-order valence-corrected chi connectivity index (χ2v) is 5.65. The summed E-state index contributed by atoms with van der Waals surface area (Å²) < 4.78 is 11.3. The van der Waals surface area contributed by atoms with Gasteiger partial charge in [-0.3, -0.25) is 4.79 Å². The minimum atomic E-state index is -0.705. The van der Waals surface area contributed by atoms with Crippen LogP contribution in [0.2, 0.25) is 0 Å². The Balaban J connectivity index is 2.47. The predicted molar refractivity (Wildman–Crippen MR) is 85.6 cm³/mol. The molecule has 0 amide bonds. The summed E-state index contributed by atoms with van der Waals surface area (Å²) in [6.07, 6.45) is 0.399. The molecule has 1 aliphatic rings. The van der Waals surface area contributed by atoms with E-state index in [0.29, 0.717) is 22.5 Å². The molecule has 0 saturated heterocycles. The molecule has 0 unspecified atom stereocenters. The highest BCUT2D eigenvalue weighted by Crippen LogP contribution is 2.44. The van der Waals surface area contributed by atoms with Crippen molar-refractivity contribution in [2.24, 2.45) is 0 Å². The smallest absolute Gasteiger partial charge is 0.334 e. The second kappa shape index (κ2) is 6.28. The van der Waals surface area contributed by atoms with Crippen LogP contribution in [0.25, 0.3) is 0 Å². The molecule has 1 N–H and O–H groups in total. The average molecular weight is 316 g/mol. The third-order valence-electron chi connectivity index (χ3n) is 3.82. The van der Waals surface area contributed by atoms with Crippen molar-refractivity contribution in [3.8, 4) is 11.5 Å². The molecule has 1 heterocycles. The van der Waals surface area contributed by atoms with E-state index in [1.807, 2.05) is 0 Å². The normalized spacial score (nSPS) is 19.7. The van der Waals surface area contributed by atoms with Crippen LogP contribution in [-0.4, -0.2) is 23.0 Å². The van der Waals surface area contributed by atoms with Crippen LogP contribution >= 0.6 is 0 Å². The molecule has 0 saturated carbocycles. The molecule has 2 rings (SSSR count). The van der Waals surface area contributed by atoms with Gasteiger partial charge in [0.25, 0.3) is 0 Å². The zero-order chi connectivity index (χ0) is 17.3. The van der Waals surface area contributed by atoms with Crippen LogP contribution in [0.5, 0.6) is 11.5 Å². The number of carbonyl (C=O) groups excluding carboxylic acids is 2. The van der Waals surface area contributed by atoms with Gasteiger partial charge in [0.2, 0.25) is 0 Å². The van der Waals surface area contributed by atoms with Crippen molar-refractivity contribution in [3.05, 3.63) is 47.1 Å². The van der Waals surface area contributed by atoms with Crippen molar-refractivity contribution in [2.45, 2.75) is 39.9 Å². The lowest BCUT2D eigenvalue weighted by atomic mass is 9.98. The van der Waals surface area contributed by atoms with Gasteiger partial charge in [0.15, 0.2) is 18.0 Å². The fraction of sp³-hybridized carbons (Fsp3) is 0.333. The molecule has 0 aromatic heterocycles. The van der Waals surface area contributed by atoms with Crippen molar-refractivity contribution in [2.75, 3.05) is 0 Å². The zero-order valence-electron chi connectivity index (χ0n) is 13.7. The number of esters is 1. The topological polar surface area (TPSA) is 72.8 Å². The van der Waals surface area contributed by atoms with E-state index in [1.165, 1.54) is 19.1 Å². The molecule has 0 radical (unpaired) electrons. The fourth-order valence-corrected chi connectivity index (χ4v) is 2.36. The van der Waals surface area contributed by atoms with E-state index in [0.717, 1.165) is 0 Å². The number of aromatic hydroxyl groups is 1. The summed E-state index contributed by atoms with van der Waals surface area (Å²) in [5, 5.41) is 9.92. The first-order valence-corrected chi connectivity index (χ1v) is 7.30. The number of benzene rings is 1. The summed E-state index contributed by atoms with van der Waals surface area (Å²) in [4.78, 5) is 23.7. The fourth-order valence-electron chi connectivity index (χ4n) is 2.36. The average Bonchev–Trinajstić information content (AvgIpc) is 2.83. The zero-order valence-corrected chi connectivity index (χ0v) is 13.7. The van der Waals surface area contributed by atoms with Crippen LogP contribution in [0.1, 0.15) is 49.7 Å². The molecule has 0 bridgehead atoms. The van der Waals surface area contributed by atoms with Gasteiger partial charge < -0.3 is 14.6 Å². The number of ketones is 1. The molecule has 1 aromatic carbocycles. The van der Waals surface area contributed by atoms with E-state index >= 15 is 0 Å². The van der Waals surface area contributed by atoms with Gasteiger partial charge >= 0.3 is 5.97 Å². The highest BCUT2D eigenvalue weighted by atomic mass is 16.6. The van der Waals surface area contributed by atoms with Crippen LogP contribution < -0.4 is 4.74 Å². The second-order valence-electron chi connectivity index (χ2n) is 5.65. The van der Waals surface area contributed by atoms with Crippen LogP contribution in [0.15, 0.2) is 35.9 Å². The maximum atomic E-state index is 12.1. The Morgan fingerprint density at radius 2 is 1.96 bits per heavy atom. The number of phenolic OH excluding ortho intramolecular Hbond substituents is 1. The Labute approximate surface area is 135 Å². The molecule has 23 heavy (non-hydrogen) atoms. The van der Waals surface area contributed by atoms with E-state index in [4.69, 9.17) is 9.47 Å². The molecule has 5 nitrogen and oxygen atoms in total. The van der Waals surface area contributed by atoms with Gasteiger partial charge in [-0.2, -0.15) is 0 Å². The summed E-state index contributed by atoms with van der Waals surface area (Å²) in [6.45, 7) is 10.4. The molecule has 5 heteroatoms. The minimum absolute atomic E-state index is 0.159. The number of hydrogen-bond donors (Lipinski definition) is 1. The number of Topliss-reactive ketones (excluding diaryl/α,β-unsaturated/α-hetero) is 1. The summed E-state index contributed by atoms with van der Waals surface area (Å²) in [6, 6.07) is 2.89. The third kappa shape index (κ3) is 3.13. The quantitative estimate of drug-likeness (QED) is 0.398. The largest absolute Gasteiger partial charge is 0.507 e. The third-order valence-corrected chi connectivity index (χ3v) is 3.82. The van der Waals surface area contributed by atoms with Crippen molar-refractivity contribution in [1.82, 2.24) is 0 Å². The number of rotatable bonds is 4. The lowest BCUT2D eigenvalue weighted by Gasteiger charge is -2.20. The van der Waals surface area contributed by atoms with Crippen molar-refractivity contribution in [1.29, 1.82) is 0 Å². The van der Waals surface area contributed by atoms with Gasteiger partial charge in [-0.25, -0.2) is 4.79 Å². The van der Waals surface area contributed by atoms with E-state index in [9.17, 15) is 14.7 Å².